The van der Waals surface area contributed by atoms with Gasteiger partial charge in [-0.2, -0.15) is 0 Å². The molecule has 0 saturated heterocycles. The summed E-state index contributed by atoms with van der Waals surface area (Å²) in [7, 11) is 0. The summed E-state index contributed by atoms with van der Waals surface area (Å²) in [6.07, 6.45) is 3.51. The zero-order chi connectivity index (χ0) is 13.4. The van der Waals surface area contributed by atoms with E-state index in [1.165, 1.54) is 0 Å². The van der Waals surface area contributed by atoms with Crippen LogP contribution in [0.15, 0.2) is 10.6 Å². The number of hydrogen-bond acceptors (Lipinski definition) is 4. The fraction of sp³-hybridized carbons (Fsp3) is 0.583. The number of aryl methyl sites for hydroxylation is 1. The number of carbonyl (C=O) groups excluding carboxylic acids is 1. The molecule has 0 bridgehead atoms. The average Bonchev–Trinajstić information content (AvgIpc) is 2.74. The molecule has 0 aromatic carbocycles. The van der Waals surface area contributed by atoms with Crippen LogP contribution in [0.2, 0.25) is 0 Å². The summed E-state index contributed by atoms with van der Waals surface area (Å²) in [5, 5.41) is 14.8. The first-order valence-corrected chi connectivity index (χ1v) is 6.03. The van der Waals surface area contributed by atoms with Crippen molar-refractivity contribution in [1.82, 2.24) is 10.5 Å². The minimum atomic E-state index is -0.760. The van der Waals surface area contributed by atoms with E-state index in [0.717, 1.165) is 19.3 Å². The fourth-order valence-electron chi connectivity index (χ4n) is 1.52. The van der Waals surface area contributed by atoms with Gasteiger partial charge in [-0.05, 0) is 19.8 Å². The SMILES string of the molecule is Cc1cc(C(=O)NCCCCCCC(=O)O)no1. The number of nitrogens with one attached hydrogen (secondary N) is 1. The zero-order valence-corrected chi connectivity index (χ0v) is 10.4. The Labute approximate surface area is 105 Å². The number of nitrogens with zero attached hydrogens (tertiary/aromatic N) is 1. The van der Waals surface area contributed by atoms with Gasteiger partial charge < -0.3 is 14.9 Å². The summed E-state index contributed by atoms with van der Waals surface area (Å²) in [5.41, 5.74) is 0.290. The van der Waals surface area contributed by atoms with Crippen molar-refractivity contribution in [2.45, 2.75) is 39.0 Å². The van der Waals surface area contributed by atoms with Crippen molar-refractivity contribution >= 4 is 11.9 Å². The lowest BCUT2D eigenvalue weighted by molar-refractivity contribution is -0.137. The second-order valence-electron chi connectivity index (χ2n) is 4.14. The maximum absolute atomic E-state index is 11.5. The van der Waals surface area contributed by atoms with Gasteiger partial charge >= 0.3 is 5.97 Å². The van der Waals surface area contributed by atoms with E-state index in [0.29, 0.717) is 24.4 Å². The number of aliphatic carboxylic acids is 1. The molecule has 0 spiro atoms. The smallest absolute Gasteiger partial charge is 0.303 e. The van der Waals surface area contributed by atoms with Crippen LogP contribution in [-0.2, 0) is 4.79 Å². The van der Waals surface area contributed by atoms with Crippen molar-refractivity contribution in [2.75, 3.05) is 6.54 Å². The molecule has 0 aliphatic rings. The first kappa shape index (κ1) is 14.2. The Morgan fingerprint density at radius 3 is 2.67 bits per heavy atom. The summed E-state index contributed by atoms with van der Waals surface area (Å²) in [6, 6.07) is 1.59. The van der Waals surface area contributed by atoms with Crippen LogP contribution in [0.4, 0.5) is 0 Å². The van der Waals surface area contributed by atoms with Crippen LogP contribution in [0.3, 0.4) is 0 Å². The van der Waals surface area contributed by atoms with Crippen molar-refractivity contribution in [3.8, 4) is 0 Å². The molecule has 1 aromatic rings. The highest BCUT2D eigenvalue weighted by Crippen LogP contribution is 2.03. The van der Waals surface area contributed by atoms with E-state index in [9.17, 15) is 9.59 Å². The van der Waals surface area contributed by atoms with E-state index in [1.807, 2.05) is 0 Å². The molecule has 1 heterocycles. The number of hydrogen-bond donors (Lipinski definition) is 2. The molecule has 0 aliphatic heterocycles. The van der Waals surface area contributed by atoms with E-state index in [1.54, 1.807) is 13.0 Å². The van der Waals surface area contributed by atoms with Gasteiger partial charge in [-0.15, -0.1) is 0 Å². The molecule has 2 N–H and O–H groups in total. The van der Waals surface area contributed by atoms with Crippen molar-refractivity contribution in [2.24, 2.45) is 0 Å². The molecule has 0 saturated carbocycles. The highest BCUT2D eigenvalue weighted by molar-refractivity contribution is 5.92. The van der Waals surface area contributed by atoms with Crippen LogP contribution in [0.5, 0.6) is 0 Å². The number of rotatable bonds is 8. The van der Waals surface area contributed by atoms with E-state index < -0.39 is 5.97 Å². The summed E-state index contributed by atoms with van der Waals surface area (Å²) in [4.78, 5) is 21.8. The van der Waals surface area contributed by atoms with Crippen LogP contribution in [0.25, 0.3) is 0 Å². The van der Waals surface area contributed by atoms with Crippen LogP contribution in [0, 0.1) is 6.92 Å². The quantitative estimate of drug-likeness (QED) is 0.689. The second-order valence-corrected chi connectivity index (χ2v) is 4.14. The number of aromatic nitrogens is 1. The Morgan fingerprint density at radius 1 is 1.33 bits per heavy atom. The lowest BCUT2D eigenvalue weighted by Crippen LogP contribution is -2.24. The number of carbonyl (C=O) groups is 2. The maximum atomic E-state index is 11.5. The van der Waals surface area contributed by atoms with Crippen LogP contribution in [0.1, 0.15) is 48.4 Å². The largest absolute Gasteiger partial charge is 0.481 e. The Kier molecular flexibility index (Phi) is 5.90. The first-order chi connectivity index (χ1) is 8.59. The number of amides is 1. The van der Waals surface area contributed by atoms with Gasteiger partial charge in [-0.25, -0.2) is 0 Å². The molecule has 0 radical (unpaired) electrons. The van der Waals surface area contributed by atoms with Crippen molar-refractivity contribution in [1.29, 1.82) is 0 Å². The minimum Gasteiger partial charge on any atom is -0.481 e. The van der Waals surface area contributed by atoms with E-state index in [-0.39, 0.29) is 12.3 Å². The van der Waals surface area contributed by atoms with Gasteiger partial charge in [0.2, 0.25) is 0 Å². The van der Waals surface area contributed by atoms with Crippen LogP contribution < -0.4 is 5.32 Å². The monoisotopic (exact) mass is 254 g/mol. The van der Waals surface area contributed by atoms with Crippen molar-refractivity contribution in [3.63, 3.8) is 0 Å². The standard InChI is InChI=1S/C12H18N2O4/c1-9-8-10(14-18-9)12(17)13-7-5-3-2-4-6-11(15)16/h8H,2-7H2,1H3,(H,13,17)(H,15,16). The molecule has 18 heavy (non-hydrogen) atoms. The Balaban J connectivity index is 2.04. The Bertz CT molecular complexity index is 401. The molecule has 1 rings (SSSR count). The maximum Gasteiger partial charge on any atom is 0.303 e. The number of unbranched alkanes of at least 4 members (excludes halogenated alkanes) is 3. The van der Waals surface area contributed by atoms with Gasteiger partial charge in [0.05, 0.1) is 0 Å². The summed E-state index contributed by atoms with van der Waals surface area (Å²) >= 11 is 0. The van der Waals surface area contributed by atoms with Crippen molar-refractivity contribution < 1.29 is 19.2 Å². The molecule has 100 valence electrons. The molecule has 6 nitrogen and oxygen atoms in total. The molecule has 0 atom stereocenters. The molecule has 0 unspecified atom stereocenters. The topological polar surface area (TPSA) is 92.4 Å². The van der Waals surface area contributed by atoms with Crippen LogP contribution >= 0.6 is 0 Å². The van der Waals surface area contributed by atoms with Crippen molar-refractivity contribution in [3.05, 3.63) is 17.5 Å². The third kappa shape index (κ3) is 5.47. The van der Waals surface area contributed by atoms with E-state index >= 15 is 0 Å². The molecule has 0 fully saturated rings. The molecule has 0 aliphatic carbocycles. The molecule has 1 aromatic heterocycles. The minimum absolute atomic E-state index is 0.213. The summed E-state index contributed by atoms with van der Waals surface area (Å²) in [5.74, 6) is -0.393. The average molecular weight is 254 g/mol. The fourth-order valence-corrected chi connectivity index (χ4v) is 1.52. The predicted octanol–water partition coefficient (Wildman–Crippen LogP) is 1.75. The highest BCUT2D eigenvalue weighted by Gasteiger charge is 2.09. The molecule has 1 amide bonds. The third-order valence-corrected chi connectivity index (χ3v) is 2.46. The molecular weight excluding hydrogens is 236 g/mol. The number of carboxylic acid groups (broad SMARTS) is 1. The summed E-state index contributed by atoms with van der Waals surface area (Å²) < 4.78 is 4.80. The van der Waals surface area contributed by atoms with Gasteiger partial charge in [-0.3, -0.25) is 9.59 Å². The lowest BCUT2D eigenvalue weighted by atomic mass is 10.1. The van der Waals surface area contributed by atoms with Gasteiger partial charge in [0.25, 0.3) is 5.91 Å². The van der Waals surface area contributed by atoms with Gasteiger partial charge in [0, 0.05) is 19.0 Å². The van der Waals surface area contributed by atoms with Crippen LogP contribution in [-0.4, -0.2) is 28.7 Å². The Hall–Kier alpha value is -1.85. The zero-order valence-electron chi connectivity index (χ0n) is 10.4. The predicted molar refractivity (Wildman–Crippen MR) is 64.3 cm³/mol. The third-order valence-electron chi connectivity index (χ3n) is 2.46. The van der Waals surface area contributed by atoms with Gasteiger partial charge in [0.1, 0.15) is 5.76 Å². The van der Waals surface area contributed by atoms with Gasteiger partial charge in [-0.1, -0.05) is 18.0 Å². The number of carboxylic acids is 1. The molecular formula is C12H18N2O4. The van der Waals surface area contributed by atoms with Gasteiger partial charge in [0.15, 0.2) is 5.69 Å². The highest BCUT2D eigenvalue weighted by atomic mass is 16.5. The summed E-state index contributed by atoms with van der Waals surface area (Å²) in [6.45, 7) is 2.30. The second kappa shape index (κ2) is 7.47. The lowest BCUT2D eigenvalue weighted by Gasteiger charge is -2.02. The van der Waals surface area contributed by atoms with E-state index in [4.69, 9.17) is 9.63 Å². The first-order valence-electron chi connectivity index (χ1n) is 6.03. The van der Waals surface area contributed by atoms with E-state index in [2.05, 4.69) is 10.5 Å². The Morgan fingerprint density at radius 2 is 2.06 bits per heavy atom. The normalized spacial score (nSPS) is 10.3. The molecule has 6 heteroatoms.